The third-order valence-electron chi connectivity index (χ3n) is 3.80. The standard InChI is InChI=1S/C16H25NO2/c1-3-18-16-10-13(11-17)6-9-15(16)19-14-7-4-12(2)5-8-14/h6,9-10,12,14H,3-5,7-8,11,17H2,1-2H3. The summed E-state index contributed by atoms with van der Waals surface area (Å²) in [6.07, 6.45) is 5.14. The van der Waals surface area contributed by atoms with Gasteiger partial charge in [0.15, 0.2) is 11.5 Å². The minimum absolute atomic E-state index is 0.333. The summed E-state index contributed by atoms with van der Waals surface area (Å²) in [6, 6.07) is 6.00. The second-order valence-electron chi connectivity index (χ2n) is 5.42. The van der Waals surface area contributed by atoms with Crippen LogP contribution in [0.15, 0.2) is 18.2 Å². The van der Waals surface area contributed by atoms with Gasteiger partial charge in [-0.3, -0.25) is 0 Å². The van der Waals surface area contributed by atoms with Crippen LogP contribution >= 0.6 is 0 Å². The van der Waals surface area contributed by atoms with Gasteiger partial charge in [-0.15, -0.1) is 0 Å². The van der Waals surface area contributed by atoms with Crippen LogP contribution in [-0.4, -0.2) is 12.7 Å². The summed E-state index contributed by atoms with van der Waals surface area (Å²) in [6.45, 7) is 5.48. The molecule has 3 nitrogen and oxygen atoms in total. The molecule has 0 heterocycles. The second kappa shape index (κ2) is 6.80. The van der Waals surface area contributed by atoms with Crippen molar-refractivity contribution in [1.29, 1.82) is 0 Å². The molecule has 0 radical (unpaired) electrons. The summed E-state index contributed by atoms with van der Waals surface area (Å²) < 4.78 is 11.8. The highest BCUT2D eigenvalue weighted by atomic mass is 16.5. The molecule has 1 fully saturated rings. The topological polar surface area (TPSA) is 44.5 Å². The van der Waals surface area contributed by atoms with Gasteiger partial charge in [0.1, 0.15) is 0 Å². The van der Waals surface area contributed by atoms with Gasteiger partial charge < -0.3 is 15.2 Å². The quantitative estimate of drug-likeness (QED) is 0.884. The Morgan fingerprint density at radius 2 is 1.89 bits per heavy atom. The third kappa shape index (κ3) is 3.87. The molecule has 0 saturated heterocycles. The van der Waals surface area contributed by atoms with Gasteiger partial charge in [-0.2, -0.15) is 0 Å². The maximum absolute atomic E-state index is 6.12. The molecule has 0 bridgehead atoms. The first-order valence-electron chi connectivity index (χ1n) is 7.35. The van der Waals surface area contributed by atoms with Gasteiger partial charge in [-0.1, -0.05) is 13.0 Å². The molecule has 2 rings (SSSR count). The van der Waals surface area contributed by atoms with E-state index in [-0.39, 0.29) is 0 Å². The molecule has 1 aromatic carbocycles. The monoisotopic (exact) mass is 263 g/mol. The average Bonchev–Trinajstić information content (AvgIpc) is 2.43. The zero-order valence-electron chi connectivity index (χ0n) is 12.0. The number of hydrogen-bond acceptors (Lipinski definition) is 3. The first kappa shape index (κ1) is 14.2. The van der Waals surface area contributed by atoms with Crippen LogP contribution in [0.4, 0.5) is 0 Å². The van der Waals surface area contributed by atoms with E-state index >= 15 is 0 Å². The summed E-state index contributed by atoms with van der Waals surface area (Å²) in [5, 5.41) is 0. The highest BCUT2D eigenvalue weighted by Gasteiger charge is 2.20. The fraction of sp³-hybridized carbons (Fsp3) is 0.625. The molecule has 2 N–H and O–H groups in total. The highest BCUT2D eigenvalue weighted by molar-refractivity contribution is 5.43. The normalized spacial score (nSPS) is 23.1. The molecule has 0 atom stereocenters. The van der Waals surface area contributed by atoms with E-state index in [1.54, 1.807) is 0 Å². The van der Waals surface area contributed by atoms with Crippen molar-refractivity contribution in [3.63, 3.8) is 0 Å². The Morgan fingerprint density at radius 3 is 2.53 bits per heavy atom. The van der Waals surface area contributed by atoms with Crippen molar-refractivity contribution in [2.75, 3.05) is 6.61 Å². The summed E-state index contributed by atoms with van der Waals surface area (Å²) in [7, 11) is 0. The van der Waals surface area contributed by atoms with E-state index < -0.39 is 0 Å². The molecule has 0 aliphatic heterocycles. The Labute approximate surface area is 116 Å². The first-order chi connectivity index (χ1) is 9.22. The second-order valence-corrected chi connectivity index (χ2v) is 5.42. The van der Waals surface area contributed by atoms with Gasteiger partial charge >= 0.3 is 0 Å². The van der Waals surface area contributed by atoms with Crippen LogP contribution in [0.2, 0.25) is 0 Å². The zero-order valence-corrected chi connectivity index (χ0v) is 12.0. The lowest BCUT2D eigenvalue weighted by Crippen LogP contribution is -2.23. The van der Waals surface area contributed by atoms with Crippen LogP contribution in [-0.2, 0) is 6.54 Å². The van der Waals surface area contributed by atoms with Crippen LogP contribution in [0.3, 0.4) is 0 Å². The van der Waals surface area contributed by atoms with Gasteiger partial charge in [0.05, 0.1) is 12.7 Å². The van der Waals surface area contributed by atoms with E-state index in [9.17, 15) is 0 Å². The van der Waals surface area contributed by atoms with E-state index in [1.807, 2.05) is 25.1 Å². The zero-order chi connectivity index (χ0) is 13.7. The lowest BCUT2D eigenvalue weighted by molar-refractivity contribution is 0.130. The van der Waals surface area contributed by atoms with Gasteiger partial charge in [0.25, 0.3) is 0 Å². The number of nitrogens with two attached hydrogens (primary N) is 1. The van der Waals surface area contributed by atoms with Crippen LogP contribution in [0, 0.1) is 5.92 Å². The first-order valence-corrected chi connectivity index (χ1v) is 7.35. The van der Waals surface area contributed by atoms with Crippen molar-refractivity contribution in [2.45, 2.75) is 52.2 Å². The van der Waals surface area contributed by atoms with Crippen LogP contribution in [0.5, 0.6) is 11.5 Å². The predicted molar refractivity (Wildman–Crippen MR) is 77.6 cm³/mol. The van der Waals surface area contributed by atoms with E-state index in [1.165, 1.54) is 12.8 Å². The molecule has 1 aliphatic rings. The molecule has 0 spiro atoms. The smallest absolute Gasteiger partial charge is 0.161 e. The van der Waals surface area contributed by atoms with Crippen LogP contribution in [0.25, 0.3) is 0 Å². The maximum atomic E-state index is 6.12. The Balaban J connectivity index is 2.06. The average molecular weight is 263 g/mol. The molecule has 1 aliphatic carbocycles. The van der Waals surface area contributed by atoms with Crippen molar-refractivity contribution < 1.29 is 9.47 Å². The van der Waals surface area contributed by atoms with E-state index in [2.05, 4.69) is 6.92 Å². The van der Waals surface area contributed by atoms with Crippen molar-refractivity contribution in [3.05, 3.63) is 23.8 Å². The lowest BCUT2D eigenvalue weighted by atomic mass is 9.89. The SMILES string of the molecule is CCOc1cc(CN)ccc1OC1CCC(C)CC1. The molecule has 1 saturated carbocycles. The highest BCUT2D eigenvalue weighted by Crippen LogP contribution is 2.33. The van der Waals surface area contributed by atoms with Gasteiger partial charge in [-0.25, -0.2) is 0 Å². The lowest BCUT2D eigenvalue weighted by Gasteiger charge is -2.27. The predicted octanol–water partition coefficient (Wildman–Crippen LogP) is 3.50. The molecule has 0 amide bonds. The van der Waals surface area contributed by atoms with Crippen molar-refractivity contribution >= 4 is 0 Å². The maximum Gasteiger partial charge on any atom is 0.161 e. The van der Waals surface area contributed by atoms with Crippen molar-refractivity contribution in [2.24, 2.45) is 11.7 Å². The minimum atomic E-state index is 0.333. The fourth-order valence-electron chi connectivity index (χ4n) is 2.57. The molecular weight excluding hydrogens is 238 g/mol. The number of hydrogen-bond donors (Lipinski definition) is 1. The minimum Gasteiger partial charge on any atom is -0.490 e. The Bertz CT molecular complexity index is 398. The van der Waals surface area contributed by atoms with E-state index in [0.717, 1.165) is 35.8 Å². The van der Waals surface area contributed by atoms with Crippen molar-refractivity contribution in [1.82, 2.24) is 0 Å². The van der Waals surface area contributed by atoms with E-state index in [0.29, 0.717) is 19.3 Å². The number of benzene rings is 1. The number of ether oxygens (including phenoxy) is 2. The molecule has 3 heteroatoms. The van der Waals surface area contributed by atoms with Gasteiger partial charge in [0, 0.05) is 6.54 Å². The van der Waals surface area contributed by atoms with Crippen molar-refractivity contribution in [3.8, 4) is 11.5 Å². The fourth-order valence-corrected chi connectivity index (χ4v) is 2.57. The molecular formula is C16H25NO2. The van der Waals surface area contributed by atoms with Gasteiger partial charge in [-0.05, 0) is 56.2 Å². The van der Waals surface area contributed by atoms with Crippen LogP contribution in [0.1, 0.15) is 45.1 Å². The Kier molecular flexibility index (Phi) is 5.08. The summed E-state index contributed by atoms with van der Waals surface area (Å²) >= 11 is 0. The summed E-state index contributed by atoms with van der Waals surface area (Å²) in [5.74, 6) is 2.52. The molecule has 106 valence electrons. The Hall–Kier alpha value is -1.22. The summed E-state index contributed by atoms with van der Waals surface area (Å²) in [4.78, 5) is 0. The Morgan fingerprint density at radius 1 is 1.16 bits per heavy atom. The number of rotatable bonds is 5. The third-order valence-corrected chi connectivity index (χ3v) is 3.80. The molecule has 19 heavy (non-hydrogen) atoms. The van der Waals surface area contributed by atoms with Gasteiger partial charge in [0.2, 0.25) is 0 Å². The molecule has 1 aromatic rings. The van der Waals surface area contributed by atoms with E-state index in [4.69, 9.17) is 15.2 Å². The van der Waals surface area contributed by atoms with Crippen LogP contribution < -0.4 is 15.2 Å². The molecule has 0 unspecified atom stereocenters. The summed E-state index contributed by atoms with van der Waals surface area (Å²) in [5.41, 5.74) is 6.75. The largest absolute Gasteiger partial charge is 0.490 e. The molecule has 0 aromatic heterocycles.